The molecule has 0 saturated carbocycles. The Hall–Kier alpha value is -0.640. The lowest BCUT2D eigenvalue weighted by Crippen LogP contribution is -2.44. The number of thiophene rings is 1. The molecule has 0 spiro atoms. The quantitative estimate of drug-likeness (QED) is 0.780. The van der Waals surface area contributed by atoms with Crippen molar-refractivity contribution in [1.82, 2.24) is 9.62 Å². The smallest absolute Gasteiger partial charge is 0.407 e. The number of nitrogens with zero attached hydrogens (tertiary/aromatic N) is 1. The number of hydrogen-bond donors (Lipinski definition) is 1. The number of ether oxygens (including phenoxy) is 1. The lowest BCUT2D eigenvalue weighted by Gasteiger charge is -2.31. The zero-order chi connectivity index (χ0) is 18.0. The number of hydrogen-bond acceptors (Lipinski definition) is 5. The van der Waals surface area contributed by atoms with E-state index in [-0.39, 0.29) is 5.92 Å². The summed E-state index contributed by atoms with van der Waals surface area (Å²) in [4.78, 5) is 11.7. The number of rotatable bonds is 4. The van der Waals surface area contributed by atoms with Crippen LogP contribution in [0.5, 0.6) is 0 Å². The fraction of sp³-hybridized carbons (Fsp3) is 0.667. The number of alkyl carbamates (subject to hydrolysis) is 1. The zero-order valence-electron chi connectivity index (χ0n) is 14.0. The summed E-state index contributed by atoms with van der Waals surface area (Å²) in [6, 6.07) is 3.36. The number of carbonyl (C=O) groups excluding carboxylic acids is 1. The Morgan fingerprint density at radius 1 is 1.46 bits per heavy atom. The average Bonchev–Trinajstić information content (AvgIpc) is 2.91. The Morgan fingerprint density at radius 3 is 2.75 bits per heavy atom. The summed E-state index contributed by atoms with van der Waals surface area (Å²) in [6.45, 7) is 6.76. The summed E-state index contributed by atoms with van der Waals surface area (Å²) < 4.78 is 33.2. The van der Waals surface area contributed by atoms with Crippen LogP contribution in [0.15, 0.2) is 20.1 Å². The molecular weight excluding hydrogens is 416 g/mol. The second-order valence-electron chi connectivity index (χ2n) is 6.81. The van der Waals surface area contributed by atoms with E-state index in [1.807, 2.05) is 0 Å². The minimum absolute atomic E-state index is 0.0875. The maximum atomic E-state index is 12.7. The number of sulfonamides is 1. The van der Waals surface area contributed by atoms with E-state index in [1.54, 1.807) is 32.9 Å². The van der Waals surface area contributed by atoms with Crippen LogP contribution in [0.3, 0.4) is 0 Å². The van der Waals surface area contributed by atoms with Crippen molar-refractivity contribution in [2.75, 3.05) is 19.6 Å². The molecule has 1 aliphatic heterocycles. The first-order valence-corrected chi connectivity index (χ1v) is 10.9. The standard InChI is InChI=1S/C15H23BrN2O4S2/c1-15(2,3)22-14(19)17-9-11-5-4-8-18(10-11)24(20,21)13-7-6-12(16)23-13/h6-7,11H,4-5,8-10H2,1-3H3,(H,17,19). The summed E-state index contributed by atoms with van der Waals surface area (Å²) >= 11 is 4.51. The fourth-order valence-corrected chi connectivity index (χ4v) is 6.24. The number of carbonyl (C=O) groups is 1. The largest absolute Gasteiger partial charge is 0.444 e. The lowest BCUT2D eigenvalue weighted by atomic mass is 10.00. The van der Waals surface area contributed by atoms with Gasteiger partial charge in [0.2, 0.25) is 0 Å². The molecule has 0 radical (unpaired) electrons. The van der Waals surface area contributed by atoms with E-state index in [9.17, 15) is 13.2 Å². The molecule has 1 atom stereocenters. The summed E-state index contributed by atoms with van der Waals surface area (Å²) in [7, 11) is -3.46. The van der Waals surface area contributed by atoms with Gasteiger partial charge in [-0.3, -0.25) is 0 Å². The topological polar surface area (TPSA) is 75.7 Å². The van der Waals surface area contributed by atoms with Crippen LogP contribution in [0.1, 0.15) is 33.6 Å². The van der Waals surface area contributed by atoms with Crippen molar-refractivity contribution >= 4 is 43.4 Å². The second kappa shape index (κ2) is 7.72. The molecule has 2 heterocycles. The number of piperidine rings is 1. The van der Waals surface area contributed by atoms with Crippen LogP contribution in [0.2, 0.25) is 0 Å². The Kier molecular flexibility index (Phi) is 6.33. The molecule has 0 bridgehead atoms. The molecular formula is C15H23BrN2O4S2. The normalized spacial score (nSPS) is 19.9. The van der Waals surface area contributed by atoms with Crippen molar-refractivity contribution < 1.29 is 17.9 Å². The van der Waals surface area contributed by atoms with E-state index in [0.29, 0.717) is 23.8 Å². The van der Waals surface area contributed by atoms with E-state index >= 15 is 0 Å². The first kappa shape index (κ1) is 19.7. The Labute approximate surface area is 155 Å². The summed E-state index contributed by atoms with van der Waals surface area (Å²) in [6.07, 6.45) is 1.20. The number of amides is 1. The molecule has 1 aromatic rings. The van der Waals surface area contributed by atoms with Crippen LogP contribution in [0.4, 0.5) is 4.79 Å². The maximum Gasteiger partial charge on any atom is 0.407 e. The molecule has 6 nitrogen and oxygen atoms in total. The highest BCUT2D eigenvalue weighted by atomic mass is 79.9. The molecule has 1 N–H and O–H groups in total. The van der Waals surface area contributed by atoms with Gasteiger partial charge in [-0.05, 0) is 67.6 Å². The minimum Gasteiger partial charge on any atom is -0.444 e. The molecule has 1 aromatic heterocycles. The van der Waals surface area contributed by atoms with Gasteiger partial charge in [0.05, 0.1) is 3.79 Å². The third-order valence-electron chi connectivity index (χ3n) is 3.56. The molecule has 1 saturated heterocycles. The molecule has 1 fully saturated rings. The van der Waals surface area contributed by atoms with Gasteiger partial charge in [-0.25, -0.2) is 13.2 Å². The van der Waals surface area contributed by atoms with Crippen LogP contribution >= 0.6 is 27.3 Å². The van der Waals surface area contributed by atoms with Gasteiger partial charge in [-0.2, -0.15) is 4.31 Å². The second-order valence-corrected chi connectivity index (χ2v) is 11.4. The van der Waals surface area contributed by atoms with E-state index in [1.165, 1.54) is 15.6 Å². The van der Waals surface area contributed by atoms with Crippen LogP contribution in [0, 0.1) is 5.92 Å². The van der Waals surface area contributed by atoms with Crippen molar-refractivity contribution in [3.8, 4) is 0 Å². The van der Waals surface area contributed by atoms with Crippen molar-refractivity contribution in [3.05, 3.63) is 15.9 Å². The van der Waals surface area contributed by atoms with Crippen LogP contribution in [-0.4, -0.2) is 44.1 Å². The Morgan fingerprint density at radius 2 is 2.17 bits per heavy atom. The maximum absolute atomic E-state index is 12.7. The Balaban J connectivity index is 1.93. The van der Waals surface area contributed by atoms with E-state index < -0.39 is 21.7 Å². The highest BCUT2D eigenvalue weighted by Gasteiger charge is 2.31. The Bertz CT molecular complexity index is 682. The average molecular weight is 439 g/mol. The van der Waals surface area contributed by atoms with Crippen molar-refractivity contribution in [1.29, 1.82) is 0 Å². The lowest BCUT2D eigenvalue weighted by molar-refractivity contribution is 0.0513. The number of nitrogens with one attached hydrogen (secondary N) is 1. The SMILES string of the molecule is CC(C)(C)OC(=O)NCC1CCCN(S(=O)(=O)c2ccc(Br)s2)C1. The van der Waals surface area contributed by atoms with Gasteiger partial charge in [-0.1, -0.05) is 0 Å². The van der Waals surface area contributed by atoms with Gasteiger partial charge in [0.15, 0.2) is 0 Å². The van der Waals surface area contributed by atoms with Gasteiger partial charge in [0.1, 0.15) is 9.81 Å². The van der Waals surface area contributed by atoms with Crippen molar-refractivity contribution in [2.45, 2.75) is 43.4 Å². The van der Waals surface area contributed by atoms with Crippen LogP contribution in [-0.2, 0) is 14.8 Å². The summed E-state index contributed by atoms with van der Waals surface area (Å²) in [5.41, 5.74) is -0.543. The van der Waals surface area contributed by atoms with Crippen molar-refractivity contribution in [2.24, 2.45) is 5.92 Å². The molecule has 136 valence electrons. The zero-order valence-corrected chi connectivity index (χ0v) is 17.3. The predicted octanol–water partition coefficient (Wildman–Crippen LogP) is 3.44. The summed E-state index contributed by atoms with van der Waals surface area (Å²) in [5.74, 6) is 0.0875. The first-order valence-electron chi connectivity index (χ1n) is 7.80. The van der Waals surface area contributed by atoms with E-state index in [0.717, 1.165) is 16.6 Å². The minimum atomic E-state index is -3.46. The van der Waals surface area contributed by atoms with Crippen molar-refractivity contribution in [3.63, 3.8) is 0 Å². The first-order chi connectivity index (χ1) is 11.1. The molecule has 1 aliphatic rings. The molecule has 1 amide bonds. The third-order valence-corrected chi connectivity index (χ3v) is 7.51. The van der Waals surface area contributed by atoms with Gasteiger partial charge in [-0.15, -0.1) is 11.3 Å². The third kappa shape index (κ3) is 5.44. The van der Waals surface area contributed by atoms with Gasteiger partial charge in [0.25, 0.3) is 10.0 Å². The van der Waals surface area contributed by atoms with Crippen LogP contribution in [0.25, 0.3) is 0 Å². The molecule has 9 heteroatoms. The van der Waals surface area contributed by atoms with Gasteiger partial charge in [0, 0.05) is 19.6 Å². The molecule has 0 aliphatic carbocycles. The monoisotopic (exact) mass is 438 g/mol. The highest BCUT2D eigenvalue weighted by Crippen LogP contribution is 2.30. The van der Waals surface area contributed by atoms with E-state index in [4.69, 9.17) is 4.74 Å². The van der Waals surface area contributed by atoms with Gasteiger partial charge >= 0.3 is 6.09 Å². The van der Waals surface area contributed by atoms with E-state index in [2.05, 4.69) is 21.2 Å². The molecule has 2 rings (SSSR count). The number of halogens is 1. The highest BCUT2D eigenvalue weighted by molar-refractivity contribution is 9.11. The van der Waals surface area contributed by atoms with Crippen LogP contribution < -0.4 is 5.32 Å². The molecule has 1 unspecified atom stereocenters. The molecule has 24 heavy (non-hydrogen) atoms. The fourth-order valence-electron chi connectivity index (χ4n) is 2.52. The van der Waals surface area contributed by atoms with Gasteiger partial charge < -0.3 is 10.1 Å². The molecule has 0 aromatic carbocycles. The predicted molar refractivity (Wildman–Crippen MR) is 97.7 cm³/mol. The summed E-state index contributed by atoms with van der Waals surface area (Å²) in [5, 5.41) is 2.74.